The van der Waals surface area contributed by atoms with Gasteiger partial charge >= 0.3 is 6.09 Å². The molecular formula is C26H31N5O7S. The third-order valence-corrected chi connectivity index (χ3v) is 8.67. The van der Waals surface area contributed by atoms with Crippen molar-refractivity contribution in [2.75, 3.05) is 6.54 Å². The second-order valence-corrected chi connectivity index (χ2v) is 11.7. The third-order valence-electron chi connectivity index (χ3n) is 7.34. The predicted molar refractivity (Wildman–Crippen MR) is 137 cm³/mol. The highest BCUT2D eigenvalue weighted by molar-refractivity contribution is 7.90. The minimum absolute atomic E-state index is 0.113. The lowest BCUT2D eigenvalue weighted by molar-refractivity contribution is -0.146. The zero-order valence-electron chi connectivity index (χ0n) is 21.3. The van der Waals surface area contributed by atoms with Gasteiger partial charge in [-0.1, -0.05) is 24.6 Å². The van der Waals surface area contributed by atoms with Crippen LogP contribution in [-0.4, -0.2) is 61.4 Å². The van der Waals surface area contributed by atoms with Crippen molar-refractivity contribution in [1.29, 1.82) is 5.26 Å². The third kappa shape index (κ3) is 6.22. The number of ether oxygens (including phenoxy) is 1. The fourth-order valence-corrected chi connectivity index (χ4v) is 6.26. The van der Waals surface area contributed by atoms with E-state index < -0.39 is 57.4 Å². The number of carbonyl (C=O) groups is 4. The van der Waals surface area contributed by atoms with Crippen molar-refractivity contribution in [2.24, 2.45) is 11.7 Å². The van der Waals surface area contributed by atoms with Crippen LogP contribution in [0.3, 0.4) is 0 Å². The van der Waals surface area contributed by atoms with Crippen LogP contribution in [0, 0.1) is 17.2 Å². The van der Waals surface area contributed by atoms with Gasteiger partial charge in [-0.05, 0) is 63.1 Å². The van der Waals surface area contributed by atoms with Gasteiger partial charge in [-0.15, -0.1) is 0 Å². The number of hydrogen-bond donors (Lipinski definition) is 3. The lowest BCUT2D eigenvalue weighted by atomic mass is 10.1. The van der Waals surface area contributed by atoms with Crippen LogP contribution in [0.2, 0.25) is 0 Å². The van der Waals surface area contributed by atoms with E-state index in [1.165, 1.54) is 23.1 Å². The molecule has 0 aromatic heterocycles. The molecule has 1 aromatic rings. The molecule has 1 aliphatic carbocycles. The molecule has 1 aromatic carbocycles. The maximum atomic E-state index is 13.4. The lowest BCUT2D eigenvalue weighted by Crippen LogP contribution is -2.57. The molecule has 0 radical (unpaired) electrons. The second kappa shape index (κ2) is 11.4. The first-order valence-electron chi connectivity index (χ1n) is 12.9. The van der Waals surface area contributed by atoms with Crippen molar-refractivity contribution in [1.82, 2.24) is 14.9 Å². The summed E-state index contributed by atoms with van der Waals surface area (Å²) >= 11 is 0. The van der Waals surface area contributed by atoms with Gasteiger partial charge in [0.1, 0.15) is 11.6 Å². The van der Waals surface area contributed by atoms with E-state index in [1.807, 2.05) is 12.1 Å². The van der Waals surface area contributed by atoms with Crippen LogP contribution in [0.15, 0.2) is 41.3 Å². The van der Waals surface area contributed by atoms with E-state index in [-0.39, 0.29) is 29.8 Å². The number of hydrogen-bond acceptors (Lipinski definition) is 8. The Morgan fingerprint density at radius 2 is 1.97 bits per heavy atom. The number of nitrogens with two attached hydrogens (primary N) is 1. The van der Waals surface area contributed by atoms with Gasteiger partial charge in [0.15, 0.2) is 6.10 Å². The summed E-state index contributed by atoms with van der Waals surface area (Å²) in [4.78, 5) is 52.7. The Morgan fingerprint density at radius 3 is 2.72 bits per heavy atom. The van der Waals surface area contributed by atoms with Crippen LogP contribution in [0.1, 0.15) is 56.9 Å². The Morgan fingerprint density at radius 1 is 1.18 bits per heavy atom. The van der Waals surface area contributed by atoms with Crippen LogP contribution in [0.4, 0.5) is 4.79 Å². The topological polar surface area (TPSA) is 189 Å². The quantitative estimate of drug-likeness (QED) is 0.460. The number of carbonyl (C=O) groups excluding carboxylic acids is 4. The van der Waals surface area contributed by atoms with Crippen LogP contribution in [-0.2, 0) is 29.1 Å². The van der Waals surface area contributed by atoms with Gasteiger partial charge in [0, 0.05) is 12.5 Å². The molecule has 2 fully saturated rings. The molecule has 4 atom stereocenters. The van der Waals surface area contributed by atoms with E-state index in [0.717, 1.165) is 18.9 Å². The molecule has 4 amide bonds. The first-order valence-corrected chi connectivity index (χ1v) is 14.4. The number of nitrogens with zero attached hydrogens (tertiary/aromatic N) is 2. The Labute approximate surface area is 226 Å². The van der Waals surface area contributed by atoms with Gasteiger partial charge in [0.25, 0.3) is 21.8 Å². The number of sulfonamides is 1. The summed E-state index contributed by atoms with van der Waals surface area (Å²) in [6.45, 7) is 0.266. The first-order chi connectivity index (χ1) is 18.6. The van der Waals surface area contributed by atoms with E-state index in [2.05, 4.69) is 10.0 Å². The first kappa shape index (κ1) is 28.1. The molecule has 3 aliphatic rings. The normalized spacial score (nSPS) is 27.6. The fourth-order valence-electron chi connectivity index (χ4n) is 5.18. The summed E-state index contributed by atoms with van der Waals surface area (Å²) in [5, 5.41) is 11.8. The van der Waals surface area contributed by atoms with E-state index in [0.29, 0.717) is 25.7 Å². The summed E-state index contributed by atoms with van der Waals surface area (Å²) < 4.78 is 33.1. The number of primary amides is 1. The molecule has 0 spiro atoms. The molecule has 1 saturated carbocycles. The van der Waals surface area contributed by atoms with Crippen LogP contribution in [0.25, 0.3) is 0 Å². The minimum atomic E-state index is -4.33. The number of allylic oxidation sites excluding steroid dienone is 1. The molecule has 39 heavy (non-hydrogen) atoms. The maximum absolute atomic E-state index is 13.4. The summed E-state index contributed by atoms with van der Waals surface area (Å²) in [6, 6.07) is 6.19. The number of benzene rings is 1. The van der Waals surface area contributed by atoms with Crippen molar-refractivity contribution < 1.29 is 32.3 Å². The van der Waals surface area contributed by atoms with Gasteiger partial charge in [0.2, 0.25) is 5.91 Å². The predicted octanol–water partition coefficient (Wildman–Crippen LogP) is 1.21. The van der Waals surface area contributed by atoms with Crippen molar-refractivity contribution in [3.8, 4) is 6.07 Å². The van der Waals surface area contributed by atoms with Crippen molar-refractivity contribution in [3.05, 3.63) is 42.0 Å². The summed E-state index contributed by atoms with van der Waals surface area (Å²) in [5.74, 6) is -2.46. The number of fused-ring (bicyclic) bond motifs is 2. The standard InChI is InChI=1S/C26H31N5O7S/c27-16-17-8-6-10-19(14-17)39(36,37)30-24(34)26-15-18(26)9-4-2-1-3-5-12-21(38-25(28)35)23(33)31-13-7-11-20(31)22(32)29-26/h4,6,8-10,14,18,20-21H,1-3,5,7,11-13,15H2,(H2,28,35)(H,29,32)(H,30,34). The van der Waals surface area contributed by atoms with Crippen molar-refractivity contribution in [2.45, 2.75) is 73.9 Å². The summed E-state index contributed by atoms with van der Waals surface area (Å²) in [5.41, 5.74) is 3.78. The van der Waals surface area contributed by atoms with Crippen LogP contribution in [0.5, 0.6) is 0 Å². The Bertz CT molecular complexity index is 1340. The monoisotopic (exact) mass is 557 g/mol. The number of amides is 4. The second-order valence-electron chi connectivity index (χ2n) is 10.0. The van der Waals surface area contributed by atoms with Gasteiger partial charge in [0.05, 0.1) is 16.5 Å². The molecule has 12 nitrogen and oxygen atoms in total. The highest BCUT2D eigenvalue weighted by atomic mass is 32.2. The van der Waals surface area contributed by atoms with E-state index in [4.69, 9.17) is 15.7 Å². The van der Waals surface area contributed by atoms with Gasteiger partial charge in [-0.25, -0.2) is 17.9 Å². The summed E-state index contributed by atoms with van der Waals surface area (Å²) in [7, 11) is -4.33. The van der Waals surface area contributed by atoms with Gasteiger partial charge in [-0.3, -0.25) is 14.4 Å². The van der Waals surface area contributed by atoms with E-state index in [9.17, 15) is 27.6 Å². The number of nitriles is 1. The molecule has 208 valence electrons. The van der Waals surface area contributed by atoms with Crippen molar-refractivity contribution >= 4 is 33.8 Å². The minimum Gasteiger partial charge on any atom is -0.436 e. The largest absolute Gasteiger partial charge is 0.436 e. The molecule has 2 heterocycles. The molecule has 0 bridgehead atoms. The Kier molecular flexibility index (Phi) is 8.25. The van der Waals surface area contributed by atoms with Gasteiger partial charge in [-0.2, -0.15) is 5.26 Å². The summed E-state index contributed by atoms with van der Waals surface area (Å²) in [6.07, 6.45) is 5.64. The maximum Gasteiger partial charge on any atom is 0.405 e. The highest BCUT2D eigenvalue weighted by Crippen LogP contribution is 2.45. The average molecular weight is 558 g/mol. The SMILES string of the molecule is N#Cc1cccc(S(=O)(=O)NC(=O)C23CC2C=CCCCCCC(OC(N)=O)C(=O)N2CCCC2C(=O)N3)c1. The molecule has 1 saturated heterocycles. The molecular weight excluding hydrogens is 526 g/mol. The zero-order valence-corrected chi connectivity index (χ0v) is 22.1. The number of rotatable bonds is 4. The van der Waals surface area contributed by atoms with Gasteiger partial charge < -0.3 is 20.7 Å². The molecule has 4 N–H and O–H groups in total. The molecule has 2 aliphatic heterocycles. The highest BCUT2D eigenvalue weighted by Gasteiger charge is 2.61. The Balaban J connectivity index is 1.59. The smallest absolute Gasteiger partial charge is 0.405 e. The van der Waals surface area contributed by atoms with Crippen molar-refractivity contribution in [3.63, 3.8) is 0 Å². The van der Waals surface area contributed by atoms with E-state index in [1.54, 1.807) is 6.08 Å². The van der Waals surface area contributed by atoms with Crippen LogP contribution >= 0.6 is 0 Å². The zero-order chi connectivity index (χ0) is 28.2. The Hall–Kier alpha value is -3.92. The average Bonchev–Trinajstić information content (AvgIpc) is 3.36. The van der Waals surface area contributed by atoms with E-state index >= 15 is 0 Å². The van der Waals surface area contributed by atoms with Crippen LogP contribution < -0.4 is 15.8 Å². The molecule has 4 unspecified atom stereocenters. The molecule has 4 rings (SSSR count). The fraction of sp³-hybridized carbons (Fsp3) is 0.500. The molecule has 13 heteroatoms. The lowest BCUT2D eigenvalue weighted by Gasteiger charge is -2.29. The number of nitrogens with one attached hydrogen (secondary N) is 2.